The summed E-state index contributed by atoms with van der Waals surface area (Å²) in [4.78, 5) is 13.5. The number of rotatable bonds is 3. The van der Waals surface area contributed by atoms with Gasteiger partial charge >= 0.3 is 0 Å². The van der Waals surface area contributed by atoms with Crippen LogP contribution in [0.25, 0.3) is 0 Å². The van der Waals surface area contributed by atoms with E-state index < -0.39 is 0 Å². The van der Waals surface area contributed by atoms with Gasteiger partial charge in [0.1, 0.15) is 0 Å². The summed E-state index contributed by atoms with van der Waals surface area (Å²) in [6.07, 6.45) is 1.71. The van der Waals surface area contributed by atoms with Gasteiger partial charge in [0.05, 0.1) is 0 Å². The zero-order chi connectivity index (χ0) is 11.4. The summed E-state index contributed by atoms with van der Waals surface area (Å²) >= 11 is 3.41. The van der Waals surface area contributed by atoms with Crippen LogP contribution in [0.4, 0.5) is 0 Å². The highest BCUT2D eigenvalue weighted by atomic mass is 79.9. The molecule has 0 unspecified atom stereocenters. The van der Waals surface area contributed by atoms with Gasteiger partial charge in [-0.05, 0) is 30.7 Å². The van der Waals surface area contributed by atoms with Gasteiger partial charge in [-0.15, -0.1) is 6.58 Å². The molecule has 0 heterocycles. The van der Waals surface area contributed by atoms with Crippen molar-refractivity contribution in [1.82, 2.24) is 4.90 Å². The number of likely N-dealkylation sites (N-methyl/N-ethyl adjacent to an activating group) is 1. The summed E-state index contributed by atoms with van der Waals surface area (Å²) in [5, 5.41) is 0. The summed E-state index contributed by atoms with van der Waals surface area (Å²) in [5.74, 6) is 0.0190. The average molecular weight is 268 g/mol. The van der Waals surface area contributed by atoms with Crippen molar-refractivity contribution in [2.45, 2.75) is 6.92 Å². The third-order valence-corrected chi connectivity index (χ3v) is 3.04. The first-order valence-corrected chi connectivity index (χ1v) is 5.48. The van der Waals surface area contributed by atoms with Crippen LogP contribution in [-0.2, 0) is 0 Å². The molecule has 0 saturated carbocycles. The number of carbonyl (C=O) groups is 1. The second kappa shape index (κ2) is 5.12. The normalized spacial score (nSPS) is 9.80. The Morgan fingerprint density at radius 2 is 2.27 bits per heavy atom. The maximum atomic E-state index is 11.9. The molecule has 0 aromatic heterocycles. The zero-order valence-electron chi connectivity index (χ0n) is 8.96. The van der Waals surface area contributed by atoms with Crippen molar-refractivity contribution in [2.75, 3.05) is 13.6 Å². The van der Waals surface area contributed by atoms with Crippen LogP contribution >= 0.6 is 15.9 Å². The number of hydrogen-bond acceptors (Lipinski definition) is 1. The summed E-state index contributed by atoms with van der Waals surface area (Å²) in [6, 6.07) is 5.59. The van der Waals surface area contributed by atoms with Crippen LogP contribution in [0.2, 0.25) is 0 Å². The predicted molar refractivity (Wildman–Crippen MR) is 66.0 cm³/mol. The third kappa shape index (κ3) is 2.93. The van der Waals surface area contributed by atoms with E-state index in [0.717, 1.165) is 10.0 Å². The quantitative estimate of drug-likeness (QED) is 0.772. The van der Waals surface area contributed by atoms with Crippen molar-refractivity contribution in [2.24, 2.45) is 0 Å². The Bertz CT molecular complexity index is 387. The van der Waals surface area contributed by atoms with Crippen molar-refractivity contribution in [3.05, 3.63) is 46.5 Å². The SMILES string of the molecule is C=CCN(C)C(=O)c1ccc(Br)c(C)c1. The smallest absolute Gasteiger partial charge is 0.253 e. The summed E-state index contributed by atoms with van der Waals surface area (Å²) in [5.41, 5.74) is 1.77. The van der Waals surface area contributed by atoms with Gasteiger partial charge in [-0.25, -0.2) is 0 Å². The molecule has 0 aliphatic rings. The van der Waals surface area contributed by atoms with E-state index in [-0.39, 0.29) is 5.91 Å². The van der Waals surface area contributed by atoms with Crippen molar-refractivity contribution >= 4 is 21.8 Å². The molecule has 1 rings (SSSR count). The Hall–Kier alpha value is -1.09. The van der Waals surface area contributed by atoms with Gasteiger partial charge < -0.3 is 4.90 Å². The van der Waals surface area contributed by atoms with Gasteiger partial charge in [0, 0.05) is 23.6 Å². The molecule has 0 aliphatic carbocycles. The Kier molecular flexibility index (Phi) is 4.09. The van der Waals surface area contributed by atoms with E-state index >= 15 is 0 Å². The fourth-order valence-corrected chi connectivity index (χ4v) is 1.52. The number of hydrogen-bond donors (Lipinski definition) is 0. The minimum absolute atomic E-state index is 0.0190. The molecule has 0 N–H and O–H groups in total. The molecule has 15 heavy (non-hydrogen) atoms. The molecule has 1 aromatic rings. The Morgan fingerprint density at radius 3 is 2.80 bits per heavy atom. The van der Waals surface area contributed by atoms with Gasteiger partial charge in [0.15, 0.2) is 0 Å². The van der Waals surface area contributed by atoms with E-state index in [1.165, 1.54) is 0 Å². The molecule has 0 bridgehead atoms. The monoisotopic (exact) mass is 267 g/mol. The van der Waals surface area contributed by atoms with Crippen molar-refractivity contribution in [3.8, 4) is 0 Å². The molecule has 3 heteroatoms. The number of benzene rings is 1. The highest BCUT2D eigenvalue weighted by Gasteiger charge is 2.10. The first kappa shape index (κ1) is 12.0. The minimum atomic E-state index is 0.0190. The van der Waals surface area contributed by atoms with Gasteiger partial charge in [-0.1, -0.05) is 22.0 Å². The van der Waals surface area contributed by atoms with Crippen LogP contribution in [-0.4, -0.2) is 24.4 Å². The van der Waals surface area contributed by atoms with Crippen LogP contribution in [0.5, 0.6) is 0 Å². The molecule has 1 amide bonds. The molecule has 1 aromatic carbocycles. The first-order chi connectivity index (χ1) is 7.06. The summed E-state index contributed by atoms with van der Waals surface area (Å²) in [7, 11) is 1.77. The summed E-state index contributed by atoms with van der Waals surface area (Å²) < 4.78 is 1.02. The van der Waals surface area contributed by atoms with Crippen LogP contribution in [0.1, 0.15) is 15.9 Å². The van der Waals surface area contributed by atoms with Crippen molar-refractivity contribution in [1.29, 1.82) is 0 Å². The third-order valence-electron chi connectivity index (χ3n) is 2.15. The van der Waals surface area contributed by atoms with Gasteiger partial charge in [-0.2, -0.15) is 0 Å². The van der Waals surface area contributed by atoms with E-state index in [0.29, 0.717) is 12.1 Å². The number of carbonyl (C=O) groups excluding carboxylic acids is 1. The molecule has 0 radical (unpaired) electrons. The van der Waals surface area contributed by atoms with E-state index in [2.05, 4.69) is 22.5 Å². The molecule has 0 aliphatic heterocycles. The lowest BCUT2D eigenvalue weighted by atomic mass is 10.1. The molecular formula is C12H14BrNO. The van der Waals surface area contributed by atoms with Crippen LogP contribution in [0.3, 0.4) is 0 Å². The molecule has 0 spiro atoms. The Balaban J connectivity index is 2.91. The molecular weight excluding hydrogens is 254 g/mol. The fourth-order valence-electron chi connectivity index (χ4n) is 1.27. The fraction of sp³-hybridized carbons (Fsp3) is 0.250. The van der Waals surface area contributed by atoms with Crippen LogP contribution in [0.15, 0.2) is 35.3 Å². The zero-order valence-corrected chi connectivity index (χ0v) is 10.5. The molecule has 80 valence electrons. The molecule has 2 nitrogen and oxygen atoms in total. The van der Waals surface area contributed by atoms with E-state index in [9.17, 15) is 4.79 Å². The van der Waals surface area contributed by atoms with Gasteiger partial charge in [-0.3, -0.25) is 4.79 Å². The van der Waals surface area contributed by atoms with E-state index in [1.807, 2.05) is 25.1 Å². The lowest BCUT2D eigenvalue weighted by molar-refractivity contribution is 0.0810. The maximum Gasteiger partial charge on any atom is 0.253 e. The Labute approximate surface area is 98.7 Å². The molecule has 0 saturated heterocycles. The van der Waals surface area contributed by atoms with Gasteiger partial charge in [0.25, 0.3) is 5.91 Å². The lowest BCUT2D eigenvalue weighted by Gasteiger charge is -2.15. The highest BCUT2D eigenvalue weighted by molar-refractivity contribution is 9.10. The predicted octanol–water partition coefficient (Wildman–Crippen LogP) is 3.02. The number of halogens is 1. The minimum Gasteiger partial charge on any atom is -0.338 e. The topological polar surface area (TPSA) is 20.3 Å². The molecule has 0 atom stereocenters. The molecule has 0 fully saturated rings. The van der Waals surface area contributed by atoms with E-state index in [1.54, 1.807) is 18.0 Å². The number of aryl methyl sites for hydroxylation is 1. The number of amides is 1. The lowest BCUT2D eigenvalue weighted by Crippen LogP contribution is -2.26. The van der Waals surface area contributed by atoms with E-state index in [4.69, 9.17) is 0 Å². The van der Waals surface area contributed by atoms with Crippen molar-refractivity contribution in [3.63, 3.8) is 0 Å². The standard InChI is InChI=1S/C12H14BrNO/c1-4-7-14(3)12(15)10-5-6-11(13)9(2)8-10/h4-6,8H,1,7H2,2-3H3. The van der Waals surface area contributed by atoms with Gasteiger partial charge in [0.2, 0.25) is 0 Å². The summed E-state index contributed by atoms with van der Waals surface area (Å²) in [6.45, 7) is 6.14. The van der Waals surface area contributed by atoms with Crippen molar-refractivity contribution < 1.29 is 4.79 Å². The first-order valence-electron chi connectivity index (χ1n) is 4.68. The Morgan fingerprint density at radius 1 is 1.60 bits per heavy atom. The second-order valence-electron chi connectivity index (χ2n) is 3.44. The second-order valence-corrected chi connectivity index (χ2v) is 4.29. The maximum absolute atomic E-state index is 11.9. The van der Waals surface area contributed by atoms with Crippen LogP contribution < -0.4 is 0 Å². The van der Waals surface area contributed by atoms with Crippen LogP contribution in [0, 0.1) is 6.92 Å². The highest BCUT2D eigenvalue weighted by Crippen LogP contribution is 2.17. The average Bonchev–Trinajstić information content (AvgIpc) is 2.21. The largest absolute Gasteiger partial charge is 0.338 e. The number of nitrogens with zero attached hydrogens (tertiary/aromatic N) is 1.